The van der Waals surface area contributed by atoms with E-state index in [4.69, 9.17) is 16.3 Å². The highest BCUT2D eigenvalue weighted by Gasteiger charge is 2.24. The minimum Gasteiger partial charge on any atom is -0.494 e. The summed E-state index contributed by atoms with van der Waals surface area (Å²) in [7, 11) is 1.50. The number of carbonyl (C=O) groups is 1. The number of nitrogens with zero attached hydrogens (tertiary/aromatic N) is 4. The Bertz CT molecular complexity index is 864. The number of carboxylic acid groups (broad SMARTS) is 1. The van der Waals surface area contributed by atoms with Crippen LogP contribution < -0.4 is 4.74 Å². The van der Waals surface area contributed by atoms with Crippen LogP contribution in [0, 0.1) is 0 Å². The van der Waals surface area contributed by atoms with Crippen LogP contribution >= 0.6 is 11.6 Å². The Kier molecular flexibility index (Phi) is 3.94. The number of hydrogen-bond acceptors (Lipinski definition) is 5. The quantitative estimate of drug-likeness (QED) is 0.791. The molecule has 0 radical (unpaired) electrons. The highest BCUT2D eigenvalue weighted by molar-refractivity contribution is 6.30. The van der Waals surface area contributed by atoms with E-state index in [1.807, 2.05) is 0 Å². The predicted molar refractivity (Wildman–Crippen MR) is 83.1 cm³/mol. The molecule has 116 valence electrons. The number of carboxylic acids is 1. The molecule has 0 spiro atoms. The van der Waals surface area contributed by atoms with Gasteiger partial charge >= 0.3 is 5.97 Å². The molecule has 1 N–H and O–H groups in total. The lowest BCUT2D eigenvalue weighted by Gasteiger charge is -2.11. The maximum Gasteiger partial charge on any atom is 0.358 e. The zero-order valence-corrected chi connectivity index (χ0v) is 12.7. The minimum absolute atomic E-state index is 0.203. The monoisotopic (exact) mass is 330 g/mol. The number of benzene rings is 1. The SMILES string of the molecule is COc1ccc(Cl)cc1-n1nnc(C(=O)O)c1-c1ccccn1. The first-order valence-electron chi connectivity index (χ1n) is 6.56. The van der Waals surface area contributed by atoms with E-state index < -0.39 is 5.97 Å². The molecule has 3 rings (SSSR count). The third-order valence-corrected chi connectivity index (χ3v) is 3.38. The summed E-state index contributed by atoms with van der Waals surface area (Å²) in [5, 5.41) is 17.5. The van der Waals surface area contributed by atoms with Gasteiger partial charge in [-0.15, -0.1) is 5.10 Å². The Labute approximate surface area is 136 Å². The van der Waals surface area contributed by atoms with Gasteiger partial charge in [0.2, 0.25) is 0 Å². The second kappa shape index (κ2) is 6.05. The van der Waals surface area contributed by atoms with E-state index in [1.54, 1.807) is 42.6 Å². The Morgan fingerprint density at radius 1 is 1.30 bits per heavy atom. The molecule has 0 saturated heterocycles. The third-order valence-electron chi connectivity index (χ3n) is 3.15. The highest BCUT2D eigenvalue weighted by atomic mass is 35.5. The molecule has 0 fully saturated rings. The van der Waals surface area contributed by atoms with Crippen molar-refractivity contribution in [1.29, 1.82) is 0 Å². The van der Waals surface area contributed by atoms with E-state index >= 15 is 0 Å². The van der Waals surface area contributed by atoms with Crippen molar-refractivity contribution in [3.63, 3.8) is 0 Å². The van der Waals surface area contributed by atoms with Crippen LogP contribution in [-0.2, 0) is 0 Å². The molecule has 2 heterocycles. The number of hydrogen-bond donors (Lipinski definition) is 1. The molecular formula is C15H11ClN4O3. The van der Waals surface area contributed by atoms with Gasteiger partial charge in [-0.2, -0.15) is 0 Å². The van der Waals surface area contributed by atoms with Gasteiger partial charge in [-0.3, -0.25) is 4.98 Å². The second-order valence-electron chi connectivity index (χ2n) is 4.53. The van der Waals surface area contributed by atoms with Crippen molar-refractivity contribution in [1.82, 2.24) is 20.0 Å². The molecule has 0 aliphatic rings. The summed E-state index contributed by atoms with van der Waals surface area (Å²) in [5.41, 5.74) is 0.946. The maximum atomic E-state index is 11.5. The van der Waals surface area contributed by atoms with Crippen LogP contribution in [0.5, 0.6) is 5.75 Å². The fourth-order valence-corrected chi connectivity index (χ4v) is 2.32. The number of aromatic carboxylic acids is 1. The first kappa shape index (κ1) is 15.0. The van der Waals surface area contributed by atoms with Gasteiger partial charge in [0.05, 0.1) is 12.8 Å². The molecule has 7 nitrogen and oxygen atoms in total. The minimum atomic E-state index is -1.20. The van der Waals surface area contributed by atoms with E-state index in [2.05, 4.69) is 15.3 Å². The van der Waals surface area contributed by atoms with Gasteiger partial charge in [-0.05, 0) is 30.3 Å². The van der Waals surface area contributed by atoms with E-state index in [-0.39, 0.29) is 11.4 Å². The Morgan fingerprint density at radius 3 is 2.78 bits per heavy atom. The summed E-state index contributed by atoms with van der Waals surface area (Å²) in [6, 6.07) is 10.1. The zero-order valence-electron chi connectivity index (χ0n) is 12.0. The van der Waals surface area contributed by atoms with Gasteiger partial charge in [-0.25, -0.2) is 9.48 Å². The normalized spacial score (nSPS) is 10.5. The van der Waals surface area contributed by atoms with E-state index in [9.17, 15) is 9.90 Å². The summed E-state index contributed by atoms with van der Waals surface area (Å²) < 4.78 is 6.66. The van der Waals surface area contributed by atoms with Crippen LogP contribution in [0.2, 0.25) is 5.02 Å². The number of rotatable bonds is 4. The van der Waals surface area contributed by atoms with Crippen molar-refractivity contribution < 1.29 is 14.6 Å². The average molecular weight is 331 g/mol. The second-order valence-corrected chi connectivity index (χ2v) is 4.97. The molecule has 23 heavy (non-hydrogen) atoms. The van der Waals surface area contributed by atoms with E-state index in [0.29, 0.717) is 22.2 Å². The first-order valence-corrected chi connectivity index (χ1v) is 6.94. The molecule has 0 amide bonds. The van der Waals surface area contributed by atoms with E-state index in [1.165, 1.54) is 11.8 Å². The standard InChI is InChI=1S/C15H11ClN4O3/c1-23-12-6-5-9(16)8-11(12)20-14(10-4-2-3-7-17-10)13(15(21)22)18-19-20/h2-8H,1H3,(H,21,22). The number of methoxy groups -OCH3 is 1. The number of pyridine rings is 1. The molecule has 0 aliphatic heterocycles. The topological polar surface area (TPSA) is 90.1 Å². The fraction of sp³-hybridized carbons (Fsp3) is 0.0667. The smallest absolute Gasteiger partial charge is 0.358 e. The van der Waals surface area contributed by atoms with Crippen LogP contribution in [0.25, 0.3) is 17.1 Å². The Hall–Kier alpha value is -2.93. The lowest BCUT2D eigenvalue weighted by molar-refractivity contribution is 0.0691. The molecule has 0 saturated carbocycles. The molecule has 2 aromatic heterocycles. The molecule has 3 aromatic rings. The van der Waals surface area contributed by atoms with Crippen molar-refractivity contribution in [2.45, 2.75) is 0 Å². The third kappa shape index (κ3) is 2.74. The van der Waals surface area contributed by atoms with Crippen molar-refractivity contribution in [2.24, 2.45) is 0 Å². The molecule has 0 atom stereocenters. The van der Waals surface area contributed by atoms with E-state index in [0.717, 1.165) is 0 Å². The van der Waals surface area contributed by atoms with Crippen LogP contribution in [0.3, 0.4) is 0 Å². The molecule has 1 aromatic carbocycles. The van der Waals surface area contributed by atoms with Crippen LogP contribution in [0.4, 0.5) is 0 Å². The van der Waals surface area contributed by atoms with Gasteiger partial charge in [0.25, 0.3) is 0 Å². The lowest BCUT2D eigenvalue weighted by Crippen LogP contribution is -2.05. The summed E-state index contributed by atoms with van der Waals surface area (Å²) in [6.07, 6.45) is 1.56. The maximum absolute atomic E-state index is 11.5. The van der Waals surface area contributed by atoms with Crippen molar-refractivity contribution >= 4 is 17.6 Å². The molecule has 8 heteroatoms. The van der Waals surface area contributed by atoms with Crippen molar-refractivity contribution in [3.8, 4) is 22.8 Å². The predicted octanol–water partition coefficient (Wildman–Crippen LogP) is 2.69. The van der Waals surface area contributed by atoms with Crippen LogP contribution in [0.15, 0.2) is 42.6 Å². The first-order chi connectivity index (χ1) is 11.1. The van der Waals surface area contributed by atoms with Gasteiger partial charge in [-0.1, -0.05) is 22.9 Å². The fourth-order valence-electron chi connectivity index (χ4n) is 2.16. The molecular weight excluding hydrogens is 320 g/mol. The highest BCUT2D eigenvalue weighted by Crippen LogP contribution is 2.30. The summed E-state index contributed by atoms with van der Waals surface area (Å²) in [5.74, 6) is -0.716. The lowest BCUT2D eigenvalue weighted by atomic mass is 10.2. The summed E-state index contributed by atoms with van der Waals surface area (Å²) in [4.78, 5) is 15.7. The van der Waals surface area contributed by atoms with Crippen LogP contribution in [0.1, 0.15) is 10.5 Å². The van der Waals surface area contributed by atoms with Gasteiger partial charge in [0.15, 0.2) is 5.69 Å². The van der Waals surface area contributed by atoms with Crippen LogP contribution in [-0.4, -0.2) is 38.2 Å². The van der Waals surface area contributed by atoms with Gasteiger partial charge < -0.3 is 9.84 Å². The zero-order chi connectivity index (χ0) is 16.4. The number of halogens is 1. The Morgan fingerprint density at radius 2 is 2.13 bits per heavy atom. The summed E-state index contributed by atoms with van der Waals surface area (Å²) in [6.45, 7) is 0. The number of aromatic nitrogens is 4. The molecule has 0 unspecified atom stereocenters. The number of ether oxygens (including phenoxy) is 1. The largest absolute Gasteiger partial charge is 0.494 e. The summed E-state index contributed by atoms with van der Waals surface area (Å²) >= 11 is 6.04. The molecule has 0 aliphatic carbocycles. The van der Waals surface area contributed by atoms with Crippen molar-refractivity contribution in [3.05, 3.63) is 53.3 Å². The molecule has 0 bridgehead atoms. The van der Waals surface area contributed by atoms with Gasteiger partial charge in [0.1, 0.15) is 17.1 Å². The van der Waals surface area contributed by atoms with Crippen molar-refractivity contribution in [2.75, 3.05) is 7.11 Å². The van der Waals surface area contributed by atoms with Gasteiger partial charge in [0, 0.05) is 11.2 Å². The average Bonchev–Trinajstić information content (AvgIpc) is 3.00. The Balaban J connectivity index is 2.30.